The van der Waals surface area contributed by atoms with Gasteiger partial charge in [-0.25, -0.2) is 15.0 Å². The van der Waals surface area contributed by atoms with Crippen LogP contribution in [0, 0.1) is 11.3 Å². The van der Waals surface area contributed by atoms with Crippen LogP contribution in [0.2, 0.25) is 0 Å². The maximum Gasteiger partial charge on any atom is 0.167 e. The van der Waals surface area contributed by atoms with Gasteiger partial charge in [-0.05, 0) is 31.5 Å². The third kappa shape index (κ3) is 3.62. The number of nitrogens with two attached hydrogens (primary N) is 1. The van der Waals surface area contributed by atoms with Gasteiger partial charge in [-0.15, -0.1) is 0 Å². The Morgan fingerprint density at radius 3 is 2.71 bits per heavy atom. The molecule has 0 aliphatic carbocycles. The molecule has 4 unspecified atom stereocenters. The van der Waals surface area contributed by atoms with Gasteiger partial charge in [0.2, 0.25) is 0 Å². The Hall–Kier alpha value is -3.10. The zero-order chi connectivity index (χ0) is 21.6. The first kappa shape index (κ1) is 19.8. The number of nitrogen functional groups attached to an aromatic ring is 1. The molecule has 0 bridgehead atoms. The van der Waals surface area contributed by atoms with Crippen LogP contribution >= 0.6 is 0 Å². The first-order valence-corrected chi connectivity index (χ1v) is 9.96. The van der Waals surface area contributed by atoms with E-state index in [0.29, 0.717) is 35.8 Å². The fraction of sp³-hybridized carbons (Fsp3) is 0.429. The average Bonchev–Trinajstić information content (AvgIpc) is 3.41. The van der Waals surface area contributed by atoms with Gasteiger partial charge in [0.05, 0.1) is 31.2 Å². The molecule has 160 valence electrons. The number of nitriles is 1. The zero-order valence-corrected chi connectivity index (χ0v) is 17.1. The van der Waals surface area contributed by atoms with Gasteiger partial charge in [0, 0.05) is 0 Å². The molecule has 1 aromatic carbocycles. The van der Waals surface area contributed by atoms with E-state index in [1.165, 1.54) is 6.33 Å². The van der Waals surface area contributed by atoms with Crippen LogP contribution in [0.3, 0.4) is 0 Å². The van der Waals surface area contributed by atoms with E-state index >= 15 is 0 Å². The highest BCUT2D eigenvalue weighted by atomic mass is 16.8. The average molecular weight is 422 g/mol. The lowest BCUT2D eigenvalue weighted by atomic mass is 10.1. The maximum absolute atomic E-state index is 8.92. The van der Waals surface area contributed by atoms with Crippen LogP contribution in [0.4, 0.5) is 5.82 Å². The van der Waals surface area contributed by atoms with E-state index in [1.54, 1.807) is 23.0 Å². The van der Waals surface area contributed by atoms with Gasteiger partial charge in [-0.2, -0.15) is 5.26 Å². The second-order valence-corrected chi connectivity index (χ2v) is 8.04. The van der Waals surface area contributed by atoms with Gasteiger partial charge in [0.1, 0.15) is 30.2 Å². The van der Waals surface area contributed by atoms with E-state index in [-0.39, 0.29) is 18.3 Å². The molecule has 0 spiro atoms. The van der Waals surface area contributed by atoms with Crippen molar-refractivity contribution in [2.75, 3.05) is 12.3 Å². The zero-order valence-electron chi connectivity index (χ0n) is 17.1. The molecular formula is C21H22N6O4. The van der Waals surface area contributed by atoms with Crippen LogP contribution < -0.4 is 5.73 Å². The molecule has 0 amide bonds. The van der Waals surface area contributed by atoms with Crippen molar-refractivity contribution in [3.05, 3.63) is 48.0 Å². The van der Waals surface area contributed by atoms with Crippen molar-refractivity contribution in [2.45, 2.75) is 50.8 Å². The summed E-state index contributed by atoms with van der Waals surface area (Å²) < 4.78 is 26.3. The summed E-state index contributed by atoms with van der Waals surface area (Å²) >= 11 is 0. The van der Waals surface area contributed by atoms with Gasteiger partial charge < -0.3 is 24.7 Å². The molecule has 2 fully saturated rings. The third-order valence-corrected chi connectivity index (χ3v) is 5.42. The van der Waals surface area contributed by atoms with Gasteiger partial charge in [-0.1, -0.05) is 12.1 Å². The number of hydrogen-bond acceptors (Lipinski definition) is 9. The molecule has 0 saturated carbocycles. The number of ether oxygens (including phenoxy) is 4. The quantitative estimate of drug-likeness (QED) is 0.655. The topological polar surface area (TPSA) is 130 Å². The van der Waals surface area contributed by atoms with E-state index in [0.717, 1.165) is 5.56 Å². The van der Waals surface area contributed by atoms with Crippen molar-refractivity contribution in [2.24, 2.45) is 0 Å². The Bertz CT molecular complexity index is 1140. The molecule has 2 N–H and O–H groups in total. The summed E-state index contributed by atoms with van der Waals surface area (Å²) in [5.41, 5.74) is 8.60. The molecule has 4 heterocycles. The monoisotopic (exact) mass is 422 g/mol. The molecular weight excluding hydrogens is 400 g/mol. The SMILES string of the molecule is CC1(C)OC2C(COCc3ccc(C#N)cc3)OC(n3cnc4c(N)ncnc43)C2O1. The molecule has 2 saturated heterocycles. The molecule has 2 aromatic heterocycles. The van der Waals surface area contributed by atoms with E-state index in [1.807, 2.05) is 26.0 Å². The van der Waals surface area contributed by atoms with Crippen molar-refractivity contribution in [3.63, 3.8) is 0 Å². The first-order valence-electron chi connectivity index (χ1n) is 9.96. The minimum atomic E-state index is -0.743. The highest BCUT2D eigenvalue weighted by Gasteiger charge is 2.56. The van der Waals surface area contributed by atoms with Crippen LogP contribution in [0.25, 0.3) is 11.2 Å². The number of fused-ring (bicyclic) bond motifs is 2. The van der Waals surface area contributed by atoms with Crippen LogP contribution in [0.5, 0.6) is 0 Å². The number of rotatable bonds is 5. The van der Waals surface area contributed by atoms with Crippen molar-refractivity contribution < 1.29 is 18.9 Å². The predicted octanol–water partition coefficient (Wildman–Crippen LogP) is 1.91. The Kier molecular flexibility index (Phi) is 4.83. The Morgan fingerprint density at radius 1 is 1.16 bits per heavy atom. The number of imidazole rings is 1. The van der Waals surface area contributed by atoms with Crippen LogP contribution in [-0.4, -0.2) is 50.2 Å². The lowest BCUT2D eigenvalue weighted by Gasteiger charge is -2.24. The van der Waals surface area contributed by atoms with E-state index in [2.05, 4.69) is 21.0 Å². The van der Waals surface area contributed by atoms with Crippen LogP contribution in [0.15, 0.2) is 36.9 Å². The molecule has 10 heteroatoms. The van der Waals surface area contributed by atoms with Gasteiger partial charge in [0.25, 0.3) is 0 Å². The first-order chi connectivity index (χ1) is 14.9. The van der Waals surface area contributed by atoms with Crippen molar-refractivity contribution in [1.82, 2.24) is 19.5 Å². The highest BCUT2D eigenvalue weighted by molar-refractivity contribution is 5.81. The summed E-state index contributed by atoms with van der Waals surface area (Å²) in [6.45, 7) is 4.48. The fourth-order valence-electron chi connectivity index (χ4n) is 4.04. The Balaban J connectivity index is 1.34. The minimum Gasteiger partial charge on any atom is -0.382 e. The summed E-state index contributed by atoms with van der Waals surface area (Å²) in [6, 6.07) is 9.39. The number of anilines is 1. The second kappa shape index (κ2) is 7.55. The standard InChI is InChI=1S/C21H22N6O4/c1-21(2)30-16-14(9-28-8-13-5-3-12(7-22)4-6-13)29-20(17(16)31-21)27-11-26-15-18(23)24-10-25-19(15)27/h3-6,10-11,14,16-17,20H,8-9H2,1-2H3,(H2,23,24,25). The number of aromatic nitrogens is 4. The van der Waals surface area contributed by atoms with E-state index in [9.17, 15) is 0 Å². The highest BCUT2D eigenvalue weighted by Crippen LogP contribution is 2.43. The Labute approximate surface area is 178 Å². The lowest BCUT2D eigenvalue weighted by molar-refractivity contribution is -0.202. The number of hydrogen-bond donors (Lipinski definition) is 1. The predicted molar refractivity (Wildman–Crippen MR) is 108 cm³/mol. The van der Waals surface area contributed by atoms with E-state index in [4.69, 9.17) is 29.9 Å². The normalized spacial score (nSPS) is 26.7. The molecule has 0 radical (unpaired) electrons. The summed E-state index contributed by atoms with van der Waals surface area (Å²) in [6.07, 6.45) is 1.54. The summed E-state index contributed by atoms with van der Waals surface area (Å²) in [4.78, 5) is 12.6. The van der Waals surface area contributed by atoms with Gasteiger partial charge in [0.15, 0.2) is 23.5 Å². The molecule has 4 atom stereocenters. The molecule has 31 heavy (non-hydrogen) atoms. The number of nitrogens with zero attached hydrogens (tertiary/aromatic N) is 5. The molecule has 3 aromatic rings. The molecule has 10 nitrogen and oxygen atoms in total. The lowest BCUT2D eigenvalue weighted by Crippen LogP contribution is -2.32. The largest absolute Gasteiger partial charge is 0.382 e. The fourth-order valence-corrected chi connectivity index (χ4v) is 4.04. The van der Waals surface area contributed by atoms with Crippen molar-refractivity contribution >= 4 is 17.0 Å². The summed E-state index contributed by atoms with van der Waals surface area (Å²) in [7, 11) is 0. The number of benzene rings is 1. The van der Waals surface area contributed by atoms with Gasteiger partial charge in [-0.3, -0.25) is 4.57 Å². The molecule has 2 aliphatic heterocycles. The summed E-state index contributed by atoms with van der Waals surface area (Å²) in [5, 5.41) is 8.92. The van der Waals surface area contributed by atoms with E-state index < -0.39 is 12.0 Å². The molecule has 5 rings (SSSR count). The van der Waals surface area contributed by atoms with Crippen molar-refractivity contribution in [1.29, 1.82) is 5.26 Å². The van der Waals surface area contributed by atoms with Crippen molar-refractivity contribution in [3.8, 4) is 6.07 Å². The van der Waals surface area contributed by atoms with Gasteiger partial charge >= 0.3 is 0 Å². The van der Waals surface area contributed by atoms with Crippen LogP contribution in [0.1, 0.15) is 31.2 Å². The smallest absolute Gasteiger partial charge is 0.167 e. The summed E-state index contributed by atoms with van der Waals surface area (Å²) in [5.74, 6) is -0.433. The maximum atomic E-state index is 8.92. The molecule has 2 aliphatic rings. The minimum absolute atomic E-state index is 0.308. The van der Waals surface area contributed by atoms with Crippen LogP contribution in [-0.2, 0) is 25.6 Å². The Morgan fingerprint density at radius 2 is 1.94 bits per heavy atom. The third-order valence-electron chi connectivity index (χ3n) is 5.42. The second-order valence-electron chi connectivity index (χ2n) is 8.04.